The van der Waals surface area contributed by atoms with Crippen LogP contribution < -0.4 is 10.6 Å². The zero-order valence-electron chi connectivity index (χ0n) is 14.3. The van der Waals surface area contributed by atoms with Gasteiger partial charge in [-0.05, 0) is 35.4 Å². The topological polar surface area (TPSA) is 71.6 Å². The number of nitrogens with zero attached hydrogens (tertiary/aromatic N) is 2. The molecule has 0 heterocycles. The molecular weight excluding hydrogens is 456 g/mol. The molecule has 6 heteroatoms. The van der Waals surface area contributed by atoms with E-state index in [4.69, 9.17) is 10.5 Å². The summed E-state index contributed by atoms with van der Waals surface area (Å²) < 4.78 is 2.05. The van der Waals surface area contributed by atoms with Gasteiger partial charge in [-0.15, -0.1) is 0 Å². The van der Waals surface area contributed by atoms with E-state index in [1.165, 1.54) is 0 Å². The molecule has 0 radical (unpaired) electrons. The molecule has 0 saturated carbocycles. The van der Waals surface area contributed by atoms with Crippen LogP contribution in [0.4, 0.5) is 0 Å². The van der Waals surface area contributed by atoms with E-state index in [0.717, 1.165) is 20.1 Å². The molecule has 0 bridgehead atoms. The third-order valence-electron chi connectivity index (χ3n) is 3.99. The molecule has 0 amide bonds. The summed E-state index contributed by atoms with van der Waals surface area (Å²) in [6.07, 6.45) is 0.885. The van der Waals surface area contributed by atoms with Gasteiger partial charge >= 0.3 is 0 Å². The number of nitrogens with one attached hydrogen (secondary N) is 2. The van der Waals surface area contributed by atoms with Crippen LogP contribution in [0.3, 0.4) is 0 Å². The Morgan fingerprint density at radius 1 is 0.692 bits per heavy atom. The van der Waals surface area contributed by atoms with Gasteiger partial charge in [0, 0.05) is 34.9 Å². The highest BCUT2D eigenvalue weighted by Gasteiger charge is 2.24. The van der Waals surface area contributed by atoms with Crippen molar-refractivity contribution in [2.75, 3.05) is 13.1 Å². The summed E-state index contributed by atoms with van der Waals surface area (Å²) in [5, 5.41) is 24.8. The maximum atomic E-state index is 8.89. The molecule has 2 aromatic carbocycles. The molecule has 4 nitrogen and oxygen atoms in total. The molecule has 0 saturated heterocycles. The van der Waals surface area contributed by atoms with Crippen molar-refractivity contribution in [3.05, 3.63) is 68.6 Å². The SMILES string of the molecule is N#CCCNC(c1ccc(Br)cc1)C(NCCC#N)c1ccc(Br)cc1. The number of rotatable bonds is 9. The lowest BCUT2D eigenvalue weighted by Crippen LogP contribution is -2.36. The third-order valence-corrected chi connectivity index (χ3v) is 5.05. The quantitative estimate of drug-likeness (QED) is 0.500. The van der Waals surface area contributed by atoms with Crippen molar-refractivity contribution >= 4 is 31.9 Å². The van der Waals surface area contributed by atoms with Crippen LogP contribution in [0.15, 0.2) is 57.5 Å². The van der Waals surface area contributed by atoms with Gasteiger partial charge in [0.05, 0.1) is 24.2 Å². The Hall–Kier alpha value is -1.70. The second-order valence-corrected chi connectivity index (χ2v) is 7.61. The Balaban J connectivity index is 2.34. The van der Waals surface area contributed by atoms with Gasteiger partial charge in [-0.2, -0.15) is 10.5 Å². The fraction of sp³-hybridized carbons (Fsp3) is 0.300. The smallest absolute Gasteiger partial charge is 0.0635 e. The van der Waals surface area contributed by atoms with Crippen LogP contribution in [0, 0.1) is 22.7 Å². The van der Waals surface area contributed by atoms with Crippen LogP contribution in [-0.2, 0) is 0 Å². The number of halogens is 2. The van der Waals surface area contributed by atoms with Crippen molar-refractivity contribution < 1.29 is 0 Å². The maximum absolute atomic E-state index is 8.89. The van der Waals surface area contributed by atoms with Crippen LogP contribution in [0.25, 0.3) is 0 Å². The monoisotopic (exact) mass is 474 g/mol. The summed E-state index contributed by atoms with van der Waals surface area (Å²) in [7, 11) is 0. The highest BCUT2D eigenvalue weighted by Crippen LogP contribution is 2.30. The average Bonchev–Trinajstić information content (AvgIpc) is 2.65. The van der Waals surface area contributed by atoms with Crippen LogP contribution >= 0.6 is 31.9 Å². The van der Waals surface area contributed by atoms with Crippen LogP contribution in [-0.4, -0.2) is 13.1 Å². The van der Waals surface area contributed by atoms with Crippen molar-refractivity contribution in [3.8, 4) is 12.1 Å². The van der Waals surface area contributed by atoms with Crippen molar-refractivity contribution in [1.29, 1.82) is 10.5 Å². The predicted molar refractivity (Wildman–Crippen MR) is 110 cm³/mol. The molecule has 134 valence electrons. The van der Waals surface area contributed by atoms with E-state index in [1.807, 2.05) is 24.3 Å². The lowest BCUT2D eigenvalue weighted by molar-refractivity contribution is 0.390. The second-order valence-electron chi connectivity index (χ2n) is 5.78. The summed E-state index contributed by atoms with van der Waals surface area (Å²) >= 11 is 6.96. The van der Waals surface area contributed by atoms with Crippen molar-refractivity contribution in [2.24, 2.45) is 0 Å². The minimum atomic E-state index is -0.0173. The van der Waals surface area contributed by atoms with Gasteiger partial charge in [0.1, 0.15) is 0 Å². The Morgan fingerprint density at radius 3 is 1.35 bits per heavy atom. The first kappa shape index (κ1) is 20.6. The molecule has 0 spiro atoms. The molecule has 2 atom stereocenters. The largest absolute Gasteiger partial charge is 0.307 e. The molecule has 2 N–H and O–H groups in total. The lowest BCUT2D eigenvalue weighted by Gasteiger charge is -2.30. The van der Waals surface area contributed by atoms with E-state index in [1.54, 1.807) is 0 Å². The number of nitriles is 2. The average molecular weight is 476 g/mol. The second kappa shape index (κ2) is 11.1. The predicted octanol–water partition coefficient (Wildman–Crippen LogP) is 5.00. The van der Waals surface area contributed by atoms with E-state index in [9.17, 15) is 0 Å². The van der Waals surface area contributed by atoms with E-state index in [-0.39, 0.29) is 12.1 Å². The van der Waals surface area contributed by atoms with Gasteiger partial charge in [0.25, 0.3) is 0 Å². The first-order valence-electron chi connectivity index (χ1n) is 8.37. The summed E-state index contributed by atoms with van der Waals surface area (Å²) in [5.41, 5.74) is 2.26. The molecular formula is C20H20Br2N4. The standard InChI is InChI=1S/C20H20Br2N4/c21-17-7-3-15(4-8-17)19(25-13-1-11-23)20(26-14-2-12-24)16-5-9-18(22)10-6-16/h3-10,19-20,25-26H,1-2,13-14H2. The van der Waals surface area contributed by atoms with Crippen molar-refractivity contribution in [1.82, 2.24) is 10.6 Å². The van der Waals surface area contributed by atoms with E-state index in [2.05, 4.69) is 78.9 Å². The minimum Gasteiger partial charge on any atom is -0.307 e. The fourth-order valence-electron chi connectivity index (χ4n) is 2.76. The third kappa shape index (κ3) is 6.23. The molecule has 2 aromatic rings. The maximum Gasteiger partial charge on any atom is 0.0635 e. The number of hydrogen-bond donors (Lipinski definition) is 2. The Kier molecular flexibility index (Phi) is 8.80. The fourth-order valence-corrected chi connectivity index (χ4v) is 3.29. The summed E-state index contributed by atoms with van der Waals surface area (Å²) in [6, 6.07) is 20.7. The van der Waals surface area contributed by atoms with Crippen LogP contribution in [0.5, 0.6) is 0 Å². The Labute approximate surface area is 171 Å². The first-order chi connectivity index (χ1) is 12.7. The molecule has 26 heavy (non-hydrogen) atoms. The molecule has 0 fully saturated rings. The number of benzene rings is 2. The van der Waals surface area contributed by atoms with Gasteiger partial charge in [0.2, 0.25) is 0 Å². The lowest BCUT2D eigenvalue weighted by atomic mass is 9.93. The van der Waals surface area contributed by atoms with E-state index in [0.29, 0.717) is 25.9 Å². The highest BCUT2D eigenvalue weighted by atomic mass is 79.9. The van der Waals surface area contributed by atoms with E-state index >= 15 is 0 Å². The Bertz CT molecular complexity index is 693. The van der Waals surface area contributed by atoms with Crippen LogP contribution in [0.1, 0.15) is 36.1 Å². The normalized spacial score (nSPS) is 12.8. The van der Waals surface area contributed by atoms with Crippen LogP contribution in [0.2, 0.25) is 0 Å². The molecule has 0 aliphatic heterocycles. The van der Waals surface area contributed by atoms with Gasteiger partial charge < -0.3 is 10.6 Å². The van der Waals surface area contributed by atoms with Gasteiger partial charge in [-0.1, -0.05) is 56.1 Å². The zero-order valence-corrected chi connectivity index (χ0v) is 17.4. The molecule has 2 rings (SSSR count). The molecule has 0 aliphatic carbocycles. The zero-order chi connectivity index (χ0) is 18.8. The summed E-state index contributed by atoms with van der Waals surface area (Å²) in [4.78, 5) is 0. The number of hydrogen-bond acceptors (Lipinski definition) is 4. The van der Waals surface area contributed by atoms with E-state index < -0.39 is 0 Å². The van der Waals surface area contributed by atoms with Gasteiger partial charge in [-0.25, -0.2) is 0 Å². The summed E-state index contributed by atoms with van der Waals surface area (Å²) in [5.74, 6) is 0. The summed E-state index contributed by atoms with van der Waals surface area (Å²) in [6.45, 7) is 1.20. The molecule has 2 unspecified atom stereocenters. The van der Waals surface area contributed by atoms with Crippen molar-refractivity contribution in [3.63, 3.8) is 0 Å². The van der Waals surface area contributed by atoms with Gasteiger partial charge in [0.15, 0.2) is 0 Å². The first-order valence-corrected chi connectivity index (χ1v) is 9.96. The highest BCUT2D eigenvalue weighted by molar-refractivity contribution is 9.10. The van der Waals surface area contributed by atoms with Gasteiger partial charge in [-0.3, -0.25) is 0 Å². The Morgan fingerprint density at radius 2 is 1.04 bits per heavy atom. The molecule has 0 aliphatic rings. The van der Waals surface area contributed by atoms with Crippen molar-refractivity contribution in [2.45, 2.75) is 24.9 Å². The molecule has 0 aromatic heterocycles. The minimum absolute atomic E-state index is 0.0173.